The van der Waals surface area contributed by atoms with Crippen LogP contribution < -0.4 is 5.73 Å². The Bertz CT molecular complexity index is 537. The molecule has 0 radical (unpaired) electrons. The summed E-state index contributed by atoms with van der Waals surface area (Å²) in [5.74, 6) is 0.573. The molecule has 0 fully saturated rings. The van der Waals surface area contributed by atoms with E-state index in [9.17, 15) is 4.79 Å². The van der Waals surface area contributed by atoms with Crippen LogP contribution >= 0.6 is 12.4 Å². The average Bonchev–Trinajstić information content (AvgIpc) is 2.80. The second-order valence-corrected chi connectivity index (χ2v) is 4.51. The Labute approximate surface area is 124 Å². The van der Waals surface area contributed by atoms with Gasteiger partial charge in [-0.05, 0) is 12.1 Å². The van der Waals surface area contributed by atoms with Crippen LogP contribution in [0.2, 0.25) is 0 Å². The molecule has 0 saturated heterocycles. The highest BCUT2D eigenvalue weighted by atomic mass is 35.5. The zero-order chi connectivity index (χ0) is 13.8. The number of para-hydroxylation sites is 1. The van der Waals surface area contributed by atoms with Crippen molar-refractivity contribution in [1.29, 1.82) is 0 Å². The van der Waals surface area contributed by atoms with Gasteiger partial charge in [0.2, 0.25) is 5.91 Å². The zero-order valence-electron chi connectivity index (χ0n) is 11.5. The SMILES string of the molecule is COCC(N)C(=O)N(C)Cc1cc2ccccc2o1.Cl. The first kappa shape index (κ1) is 16.5. The molecule has 0 aliphatic rings. The van der Waals surface area contributed by atoms with E-state index >= 15 is 0 Å². The van der Waals surface area contributed by atoms with Gasteiger partial charge in [-0.1, -0.05) is 18.2 Å². The van der Waals surface area contributed by atoms with Crippen molar-refractivity contribution in [3.8, 4) is 0 Å². The Morgan fingerprint density at radius 3 is 2.80 bits per heavy atom. The highest BCUT2D eigenvalue weighted by Gasteiger charge is 2.19. The van der Waals surface area contributed by atoms with E-state index in [-0.39, 0.29) is 24.9 Å². The number of methoxy groups -OCH3 is 1. The first-order valence-electron chi connectivity index (χ1n) is 6.08. The van der Waals surface area contributed by atoms with E-state index in [1.54, 1.807) is 11.9 Å². The van der Waals surface area contributed by atoms with E-state index in [0.29, 0.717) is 6.54 Å². The molecule has 0 aliphatic heterocycles. The Morgan fingerprint density at radius 1 is 1.45 bits per heavy atom. The number of rotatable bonds is 5. The normalized spacial score (nSPS) is 11.9. The molecule has 2 rings (SSSR count). The molecular weight excluding hydrogens is 280 g/mol. The minimum Gasteiger partial charge on any atom is -0.459 e. The molecule has 0 bridgehead atoms. The van der Waals surface area contributed by atoms with Gasteiger partial charge in [0.15, 0.2) is 0 Å². The molecule has 6 heteroatoms. The highest BCUT2D eigenvalue weighted by molar-refractivity contribution is 5.85. The molecule has 2 N–H and O–H groups in total. The van der Waals surface area contributed by atoms with Crippen molar-refractivity contribution in [1.82, 2.24) is 4.90 Å². The summed E-state index contributed by atoms with van der Waals surface area (Å²) < 4.78 is 10.5. The molecular formula is C14H19ClN2O3. The van der Waals surface area contributed by atoms with Crippen molar-refractivity contribution in [3.63, 3.8) is 0 Å². The number of furan rings is 1. The van der Waals surface area contributed by atoms with Gasteiger partial charge in [-0.25, -0.2) is 0 Å². The number of carbonyl (C=O) groups excluding carboxylic acids is 1. The summed E-state index contributed by atoms with van der Waals surface area (Å²) in [6.45, 7) is 0.605. The summed E-state index contributed by atoms with van der Waals surface area (Å²) in [5.41, 5.74) is 6.53. The number of benzene rings is 1. The fraction of sp³-hybridized carbons (Fsp3) is 0.357. The lowest BCUT2D eigenvalue weighted by molar-refractivity contribution is -0.133. The van der Waals surface area contributed by atoms with Crippen molar-refractivity contribution in [2.45, 2.75) is 12.6 Å². The monoisotopic (exact) mass is 298 g/mol. The van der Waals surface area contributed by atoms with Gasteiger partial charge in [0.05, 0.1) is 13.2 Å². The summed E-state index contributed by atoms with van der Waals surface area (Å²) in [6.07, 6.45) is 0. The lowest BCUT2D eigenvalue weighted by Crippen LogP contribution is -2.44. The molecule has 2 aromatic rings. The lowest BCUT2D eigenvalue weighted by Gasteiger charge is -2.19. The van der Waals surface area contributed by atoms with Crippen molar-refractivity contribution in [2.75, 3.05) is 20.8 Å². The summed E-state index contributed by atoms with van der Waals surface area (Å²) in [5, 5.41) is 1.03. The van der Waals surface area contributed by atoms with E-state index < -0.39 is 6.04 Å². The minimum atomic E-state index is -0.639. The van der Waals surface area contributed by atoms with Gasteiger partial charge in [0, 0.05) is 19.5 Å². The predicted octanol–water partition coefficient (Wildman–Crippen LogP) is 1.79. The topological polar surface area (TPSA) is 68.7 Å². The smallest absolute Gasteiger partial charge is 0.242 e. The zero-order valence-corrected chi connectivity index (χ0v) is 12.4. The average molecular weight is 299 g/mol. The summed E-state index contributed by atoms with van der Waals surface area (Å²) in [6, 6.07) is 9.03. The van der Waals surface area contributed by atoms with Crippen LogP contribution in [0, 0.1) is 0 Å². The molecule has 110 valence electrons. The summed E-state index contributed by atoms with van der Waals surface area (Å²) >= 11 is 0. The van der Waals surface area contributed by atoms with Gasteiger partial charge in [-0.2, -0.15) is 0 Å². The number of amides is 1. The molecule has 1 aromatic heterocycles. The van der Waals surface area contributed by atoms with E-state index in [1.807, 2.05) is 30.3 Å². The van der Waals surface area contributed by atoms with Crippen LogP contribution in [0.1, 0.15) is 5.76 Å². The van der Waals surface area contributed by atoms with E-state index in [1.165, 1.54) is 7.11 Å². The van der Waals surface area contributed by atoms with Crippen LogP contribution in [0.5, 0.6) is 0 Å². The quantitative estimate of drug-likeness (QED) is 0.913. The van der Waals surface area contributed by atoms with Gasteiger partial charge in [-0.15, -0.1) is 12.4 Å². The summed E-state index contributed by atoms with van der Waals surface area (Å²) in [7, 11) is 3.22. The Morgan fingerprint density at radius 2 is 2.15 bits per heavy atom. The number of carbonyl (C=O) groups is 1. The van der Waals surface area contributed by atoms with Crippen molar-refractivity contribution >= 4 is 29.3 Å². The number of ether oxygens (including phenoxy) is 1. The van der Waals surface area contributed by atoms with Gasteiger partial charge >= 0.3 is 0 Å². The third-order valence-electron chi connectivity index (χ3n) is 2.91. The standard InChI is InChI=1S/C14H18N2O3.ClH/c1-16(14(17)12(15)9-18-2)8-11-7-10-5-3-4-6-13(10)19-11;/h3-7,12H,8-9,15H2,1-2H3;1H. The molecule has 0 saturated carbocycles. The molecule has 0 spiro atoms. The second-order valence-electron chi connectivity index (χ2n) is 4.51. The Hall–Kier alpha value is -1.56. The van der Waals surface area contributed by atoms with Crippen LogP contribution in [0.25, 0.3) is 11.0 Å². The fourth-order valence-electron chi connectivity index (χ4n) is 1.96. The maximum absolute atomic E-state index is 11.9. The summed E-state index contributed by atoms with van der Waals surface area (Å²) in [4.78, 5) is 13.5. The van der Waals surface area contributed by atoms with Gasteiger partial charge in [0.1, 0.15) is 17.4 Å². The van der Waals surface area contributed by atoms with Crippen LogP contribution in [0.15, 0.2) is 34.7 Å². The maximum Gasteiger partial charge on any atom is 0.242 e. The van der Waals surface area contributed by atoms with Gasteiger partial charge < -0.3 is 19.8 Å². The number of hydrogen-bond acceptors (Lipinski definition) is 4. The molecule has 20 heavy (non-hydrogen) atoms. The first-order chi connectivity index (χ1) is 9.11. The Balaban J connectivity index is 0.00000200. The number of nitrogens with two attached hydrogens (primary N) is 1. The third kappa shape index (κ3) is 3.72. The number of likely N-dealkylation sites (N-methyl/N-ethyl adjacent to an activating group) is 1. The van der Waals surface area contributed by atoms with Crippen LogP contribution in [-0.4, -0.2) is 37.6 Å². The van der Waals surface area contributed by atoms with E-state index in [4.69, 9.17) is 14.9 Å². The molecule has 1 amide bonds. The molecule has 0 aliphatic carbocycles. The predicted molar refractivity (Wildman–Crippen MR) is 79.8 cm³/mol. The number of nitrogens with zero attached hydrogens (tertiary/aromatic N) is 1. The molecule has 1 atom stereocenters. The number of hydrogen-bond donors (Lipinski definition) is 1. The maximum atomic E-state index is 11.9. The number of halogens is 1. The van der Waals surface area contributed by atoms with Crippen LogP contribution in [0.4, 0.5) is 0 Å². The van der Waals surface area contributed by atoms with E-state index in [0.717, 1.165) is 16.7 Å². The fourth-order valence-corrected chi connectivity index (χ4v) is 1.96. The van der Waals surface area contributed by atoms with Crippen molar-refractivity contribution in [3.05, 3.63) is 36.1 Å². The number of fused-ring (bicyclic) bond motifs is 1. The molecule has 5 nitrogen and oxygen atoms in total. The third-order valence-corrected chi connectivity index (χ3v) is 2.91. The van der Waals surface area contributed by atoms with Gasteiger partial charge in [-0.3, -0.25) is 4.79 Å². The highest BCUT2D eigenvalue weighted by Crippen LogP contribution is 2.19. The largest absolute Gasteiger partial charge is 0.459 e. The Kier molecular flexibility index (Phi) is 6.01. The van der Waals surface area contributed by atoms with Crippen LogP contribution in [0.3, 0.4) is 0 Å². The second kappa shape index (κ2) is 7.28. The van der Waals surface area contributed by atoms with Gasteiger partial charge in [0.25, 0.3) is 0 Å². The lowest BCUT2D eigenvalue weighted by atomic mass is 10.2. The molecule has 1 heterocycles. The van der Waals surface area contributed by atoms with Crippen LogP contribution in [-0.2, 0) is 16.1 Å². The minimum absolute atomic E-state index is 0. The van der Waals surface area contributed by atoms with Crippen molar-refractivity contribution in [2.24, 2.45) is 5.73 Å². The van der Waals surface area contributed by atoms with Crippen molar-refractivity contribution < 1.29 is 13.9 Å². The van der Waals surface area contributed by atoms with E-state index in [2.05, 4.69) is 0 Å². The first-order valence-corrected chi connectivity index (χ1v) is 6.08. The molecule has 1 unspecified atom stereocenters. The molecule has 1 aromatic carbocycles.